The summed E-state index contributed by atoms with van der Waals surface area (Å²) in [4.78, 5) is 17.4. The van der Waals surface area contributed by atoms with Crippen LogP contribution in [0, 0.1) is 0 Å². The van der Waals surface area contributed by atoms with E-state index in [0.29, 0.717) is 29.5 Å². The predicted molar refractivity (Wildman–Crippen MR) is 101 cm³/mol. The number of amides is 1. The fourth-order valence-electron chi connectivity index (χ4n) is 2.29. The number of hydrogen-bond donors (Lipinski definition) is 1. The number of fused-ring (bicyclic) bond motifs is 1. The maximum Gasteiger partial charge on any atom is 0.230 e. The first-order valence-electron chi connectivity index (χ1n) is 7.85. The van der Waals surface area contributed by atoms with E-state index >= 15 is 0 Å². The van der Waals surface area contributed by atoms with Crippen LogP contribution in [0.3, 0.4) is 0 Å². The Hall–Kier alpha value is -2.78. The number of nitrogens with zero attached hydrogens (tertiary/aromatic N) is 5. The van der Waals surface area contributed by atoms with Crippen LogP contribution in [0.5, 0.6) is 0 Å². The second kappa shape index (κ2) is 7.63. The molecule has 130 valence electrons. The topological polar surface area (TPSA) is 85.1 Å². The molecular weight excluding hydrogens is 368 g/mol. The minimum Gasteiger partial charge on any atom is -0.350 e. The molecule has 0 atom stereocenters. The van der Waals surface area contributed by atoms with Crippen molar-refractivity contribution in [3.05, 3.63) is 58.9 Å². The normalized spacial score (nSPS) is 10.9. The number of hydrogen-bond acceptors (Lipinski definition) is 7. The van der Waals surface area contributed by atoms with E-state index in [1.54, 1.807) is 22.0 Å². The summed E-state index contributed by atoms with van der Waals surface area (Å²) in [5, 5.41) is 18.4. The SMILES string of the molecule is O=C(CSc1ccc2nnc(-c3ccccn3)n2n1)NCc1cccs1. The monoisotopic (exact) mass is 382 g/mol. The molecule has 7 nitrogen and oxygen atoms in total. The first kappa shape index (κ1) is 16.7. The molecule has 0 radical (unpaired) electrons. The van der Waals surface area contributed by atoms with Crippen LogP contribution in [-0.2, 0) is 11.3 Å². The van der Waals surface area contributed by atoms with Gasteiger partial charge in [0.05, 0.1) is 12.3 Å². The predicted octanol–water partition coefficient (Wildman–Crippen LogP) is 2.66. The number of thiophene rings is 1. The van der Waals surface area contributed by atoms with Crippen LogP contribution in [0.25, 0.3) is 17.2 Å². The van der Waals surface area contributed by atoms with Crippen LogP contribution in [-0.4, -0.2) is 36.5 Å². The van der Waals surface area contributed by atoms with Gasteiger partial charge in [0, 0.05) is 11.1 Å². The number of nitrogens with one attached hydrogen (secondary N) is 1. The van der Waals surface area contributed by atoms with Crippen LogP contribution >= 0.6 is 23.1 Å². The standard InChI is InChI=1S/C17H14N6OS2/c24-15(19-10-12-4-3-9-25-12)11-26-16-7-6-14-20-21-17(23(14)22-16)13-5-1-2-8-18-13/h1-9H,10-11H2,(H,19,24). The van der Waals surface area contributed by atoms with Crippen molar-refractivity contribution in [3.63, 3.8) is 0 Å². The Balaban J connectivity index is 1.44. The van der Waals surface area contributed by atoms with Gasteiger partial charge >= 0.3 is 0 Å². The molecule has 0 aliphatic heterocycles. The second-order valence-electron chi connectivity index (χ2n) is 5.32. The van der Waals surface area contributed by atoms with Crippen molar-refractivity contribution in [2.75, 3.05) is 5.75 Å². The minimum absolute atomic E-state index is 0.0287. The fourth-order valence-corrected chi connectivity index (χ4v) is 3.62. The van der Waals surface area contributed by atoms with Crippen molar-refractivity contribution in [1.82, 2.24) is 30.1 Å². The van der Waals surface area contributed by atoms with Gasteiger partial charge in [0.2, 0.25) is 11.7 Å². The number of thioether (sulfide) groups is 1. The summed E-state index contributed by atoms with van der Waals surface area (Å²) in [5.74, 6) is 0.842. The smallest absolute Gasteiger partial charge is 0.230 e. The van der Waals surface area contributed by atoms with E-state index in [-0.39, 0.29) is 5.91 Å². The van der Waals surface area contributed by atoms with Crippen molar-refractivity contribution in [2.24, 2.45) is 0 Å². The molecule has 9 heteroatoms. The Morgan fingerprint density at radius 1 is 1.15 bits per heavy atom. The number of carbonyl (C=O) groups excluding carboxylic acids is 1. The molecule has 0 spiro atoms. The zero-order valence-corrected chi connectivity index (χ0v) is 15.2. The van der Waals surface area contributed by atoms with E-state index in [2.05, 4.69) is 25.6 Å². The molecule has 0 saturated carbocycles. The first-order chi connectivity index (χ1) is 12.8. The molecule has 0 aliphatic rings. The first-order valence-corrected chi connectivity index (χ1v) is 9.72. The van der Waals surface area contributed by atoms with Crippen molar-refractivity contribution in [2.45, 2.75) is 11.6 Å². The highest BCUT2D eigenvalue weighted by atomic mass is 32.2. The molecule has 1 N–H and O–H groups in total. The number of rotatable bonds is 6. The highest BCUT2D eigenvalue weighted by Gasteiger charge is 2.11. The van der Waals surface area contributed by atoms with Crippen molar-refractivity contribution in [3.8, 4) is 11.5 Å². The van der Waals surface area contributed by atoms with Gasteiger partial charge in [0.1, 0.15) is 10.7 Å². The summed E-state index contributed by atoms with van der Waals surface area (Å²) in [6.07, 6.45) is 1.70. The lowest BCUT2D eigenvalue weighted by atomic mass is 10.3. The molecule has 0 unspecified atom stereocenters. The van der Waals surface area contributed by atoms with Crippen molar-refractivity contribution < 1.29 is 4.79 Å². The molecule has 0 aliphatic carbocycles. The summed E-state index contributed by atoms with van der Waals surface area (Å²) < 4.78 is 1.65. The van der Waals surface area contributed by atoms with Crippen LogP contribution in [0.2, 0.25) is 0 Å². The number of aromatic nitrogens is 5. The van der Waals surface area contributed by atoms with Gasteiger partial charge in [-0.05, 0) is 35.7 Å². The van der Waals surface area contributed by atoms with Gasteiger partial charge < -0.3 is 5.32 Å². The lowest BCUT2D eigenvalue weighted by molar-refractivity contribution is -0.118. The Bertz CT molecular complexity index is 1020. The van der Waals surface area contributed by atoms with E-state index in [1.165, 1.54) is 11.8 Å². The molecular formula is C17H14N6OS2. The van der Waals surface area contributed by atoms with E-state index in [0.717, 1.165) is 9.90 Å². The fraction of sp³-hybridized carbons (Fsp3) is 0.118. The van der Waals surface area contributed by atoms with E-state index in [1.807, 2.05) is 47.8 Å². The lowest BCUT2D eigenvalue weighted by Crippen LogP contribution is -2.24. The summed E-state index contributed by atoms with van der Waals surface area (Å²) in [5.41, 5.74) is 1.33. The second-order valence-corrected chi connectivity index (χ2v) is 7.35. The highest BCUT2D eigenvalue weighted by Crippen LogP contribution is 2.19. The van der Waals surface area contributed by atoms with Gasteiger partial charge in [0.15, 0.2) is 5.65 Å². The van der Waals surface area contributed by atoms with Crippen molar-refractivity contribution in [1.29, 1.82) is 0 Å². The van der Waals surface area contributed by atoms with Crippen LogP contribution in [0.4, 0.5) is 0 Å². The maximum absolute atomic E-state index is 12.0. The molecule has 0 bridgehead atoms. The van der Waals surface area contributed by atoms with Crippen LogP contribution in [0.1, 0.15) is 4.88 Å². The van der Waals surface area contributed by atoms with Crippen LogP contribution in [0.15, 0.2) is 59.1 Å². The van der Waals surface area contributed by atoms with Crippen LogP contribution < -0.4 is 5.32 Å². The minimum atomic E-state index is -0.0287. The largest absolute Gasteiger partial charge is 0.350 e. The maximum atomic E-state index is 12.0. The quantitative estimate of drug-likeness (QED) is 0.516. The zero-order chi connectivity index (χ0) is 17.8. The Labute approximate surface area is 157 Å². The Kier molecular flexibility index (Phi) is 4.89. The van der Waals surface area contributed by atoms with Gasteiger partial charge in [-0.15, -0.1) is 21.5 Å². The van der Waals surface area contributed by atoms with E-state index in [9.17, 15) is 4.79 Å². The van der Waals surface area contributed by atoms with Crippen molar-refractivity contribution >= 4 is 34.7 Å². The van der Waals surface area contributed by atoms with Gasteiger partial charge in [-0.3, -0.25) is 9.78 Å². The molecule has 0 aromatic carbocycles. The number of carbonyl (C=O) groups is 1. The molecule has 26 heavy (non-hydrogen) atoms. The third-order valence-corrected chi connectivity index (χ3v) is 5.32. The summed E-state index contributed by atoms with van der Waals surface area (Å²) in [6.45, 7) is 0.554. The molecule has 0 saturated heterocycles. The van der Waals surface area contributed by atoms with E-state index in [4.69, 9.17) is 0 Å². The zero-order valence-electron chi connectivity index (χ0n) is 13.6. The Morgan fingerprint density at radius 2 is 2.12 bits per heavy atom. The Morgan fingerprint density at radius 3 is 2.92 bits per heavy atom. The average Bonchev–Trinajstić information content (AvgIpc) is 3.34. The summed E-state index contributed by atoms with van der Waals surface area (Å²) >= 11 is 3.00. The van der Waals surface area contributed by atoms with Gasteiger partial charge in [0.25, 0.3) is 0 Å². The highest BCUT2D eigenvalue weighted by molar-refractivity contribution is 7.99. The molecule has 4 heterocycles. The summed E-state index contributed by atoms with van der Waals surface area (Å²) in [7, 11) is 0. The average molecular weight is 382 g/mol. The molecule has 1 amide bonds. The lowest BCUT2D eigenvalue weighted by Gasteiger charge is -2.04. The van der Waals surface area contributed by atoms with E-state index < -0.39 is 0 Å². The molecule has 4 aromatic rings. The molecule has 0 fully saturated rings. The third-order valence-electron chi connectivity index (χ3n) is 3.52. The van der Waals surface area contributed by atoms with Gasteiger partial charge in [-0.2, -0.15) is 9.61 Å². The summed E-state index contributed by atoms with van der Waals surface area (Å²) in [6, 6.07) is 13.2. The third kappa shape index (κ3) is 3.73. The van der Waals surface area contributed by atoms with Gasteiger partial charge in [-0.25, -0.2) is 0 Å². The molecule has 4 aromatic heterocycles. The number of pyridine rings is 1. The van der Waals surface area contributed by atoms with Gasteiger partial charge in [-0.1, -0.05) is 23.9 Å². The molecule has 4 rings (SSSR count).